The number of methoxy groups -OCH3 is 3. The van der Waals surface area contributed by atoms with Crippen LogP contribution in [0.3, 0.4) is 0 Å². The number of carbonyl (C=O) groups is 2. The molecule has 0 aromatic heterocycles. The monoisotopic (exact) mass is 431 g/mol. The molecule has 166 valence electrons. The number of hydrogen-bond donors (Lipinski definition) is 0. The van der Waals surface area contributed by atoms with E-state index in [-0.39, 0.29) is 31.0 Å². The minimum absolute atomic E-state index is 0.0911. The highest BCUT2D eigenvalue weighted by molar-refractivity contribution is 5.85. The SMILES string of the molecule is COC(=O)[C@@H]1C[C@@H](Oc2ccccc2F)CN1C(=O)CCc1ccc(OC)cc1OC. The molecule has 0 radical (unpaired) electrons. The van der Waals surface area contributed by atoms with E-state index < -0.39 is 23.9 Å². The van der Waals surface area contributed by atoms with Gasteiger partial charge in [0.25, 0.3) is 0 Å². The molecule has 7 nitrogen and oxygen atoms in total. The zero-order valence-corrected chi connectivity index (χ0v) is 17.8. The van der Waals surface area contributed by atoms with Crippen LogP contribution < -0.4 is 14.2 Å². The quantitative estimate of drug-likeness (QED) is 0.599. The van der Waals surface area contributed by atoms with Gasteiger partial charge >= 0.3 is 5.97 Å². The van der Waals surface area contributed by atoms with E-state index in [1.807, 2.05) is 6.07 Å². The summed E-state index contributed by atoms with van der Waals surface area (Å²) < 4.78 is 35.1. The summed E-state index contributed by atoms with van der Waals surface area (Å²) in [6.45, 7) is 0.173. The highest BCUT2D eigenvalue weighted by Gasteiger charge is 2.41. The van der Waals surface area contributed by atoms with Gasteiger partial charge in [0.2, 0.25) is 5.91 Å². The molecule has 8 heteroatoms. The molecule has 1 aliphatic heterocycles. The van der Waals surface area contributed by atoms with Crippen LogP contribution in [0.25, 0.3) is 0 Å². The Kier molecular flexibility index (Phi) is 7.33. The lowest BCUT2D eigenvalue weighted by atomic mass is 10.1. The largest absolute Gasteiger partial charge is 0.497 e. The number of carbonyl (C=O) groups excluding carboxylic acids is 2. The smallest absolute Gasteiger partial charge is 0.328 e. The number of para-hydroxylation sites is 1. The van der Waals surface area contributed by atoms with Crippen LogP contribution in [0.2, 0.25) is 0 Å². The minimum Gasteiger partial charge on any atom is -0.497 e. The number of amides is 1. The Balaban J connectivity index is 1.69. The van der Waals surface area contributed by atoms with Crippen LogP contribution in [0.15, 0.2) is 42.5 Å². The molecule has 1 fully saturated rings. The van der Waals surface area contributed by atoms with E-state index in [0.717, 1.165) is 5.56 Å². The molecule has 2 aromatic carbocycles. The first-order valence-corrected chi connectivity index (χ1v) is 9.96. The number of hydrogen-bond acceptors (Lipinski definition) is 6. The van der Waals surface area contributed by atoms with Gasteiger partial charge in [-0.05, 0) is 30.2 Å². The molecule has 31 heavy (non-hydrogen) atoms. The third-order valence-corrected chi connectivity index (χ3v) is 5.29. The maximum Gasteiger partial charge on any atom is 0.328 e. The topological polar surface area (TPSA) is 74.3 Å². The van der Waals surface area contributed by atoms with Gasteiger partial charge < -0.3 is 23.8 Å². The van der Waals surface area contributed by atoms with Gasteiger partial charge in [-0.2, -0.15) is 0 Å². The molecule has 0 bridgehead atoms. The van der Waals surface area contributed by atoms with E-state index in [1.54, 1.807) is 38.5 Å². The van der Waals surface area contributed by atoms with Crippen LogP contribution >= 0.6 is 0 Å². The van der Waals surface area contributed by atoms with Crippen molar-refractivity contribution in [2.75, 3.05) is 27.9 Å². The zero-order valence-electron chi connectivity index (χ0n) is 17.8. The third kappa shape index (κ3) is 5.25. The van der Waals surface area contributed by atoms with Gasteiger partial charge in [0.05, 0.1) is 27.9 Å². The summed E-state index contributed by atoms with van der Waals surface area (Å²) in [6, 6.07) is 10.7. The average Bonchev–Trinajstić information content (AvgIpc) is 3.22. The Morgan fingerprint density at radius 2 is 1.84 bits per heavy atom. The highest BCUT2D eigenvalue weighted by Crippen LogP contribution is 2.28. The lowest BCUT2D eigenvalue weighted by Crippen LogP contribution is -2.41. The predicted molar refractivity (Wildman–Crippen MR) is 111 cm³/mol. The van der Waals surface area contributed by atoms with Crippen molar-refractivity contribution >= 4 is 11.9 Å². The number of rotatable bonds is 8. The molecule has 1 saturated heterocycles. The highest BCUT2D eigenvalue weighted by atomic mass is 19.1. The molecule has 0 aliphatic carbocycles. The predicted octanol–water partition coefficient (Wildman–Crippen LogP) is 3.00. The van der Waals surface area contributed by atoms with E-state index in [9.17, 15) is 14.0 Å². The average molecular weight is 431 g/mol. The van der Waals surface area contributed by atoms with Crippen LogP contribution in [0, 0.1) is 5.82 Å². The number of esters is 1. The first kappa shape index (κ1) is 22.4. The zero-order chi connectivity index (χ0) is 22.4. The fourth-order valence-corrected chi connectivity index (χ4v) is 3.68. The second-order valence-electron chi connectivity index (χ2n) is 7.17. The van der Waals surface area contributed by atoms with Gasteiger partial charge in [-0.15, -0.1) is 0 Å². The molecule has 0 unspecified atom stereocenters. The van der Waals surface area contributed by atoms with Crippen molar-refractivity contribution in [1.29, 1.82) is 0 Å². The standard InChI is InChI=1S/C23H26FNO6/c1-28-16-10-8-15(21(13-16)29-2)9-11-22(26)25-14-17(12-19(25)23(27)30-3)31-20-7-5-4-6-18(20)24/h4-8,10,13,17,19H,9,11-12,14H2,1-3H3/t17-,19+/m1/s1. The second-order valence-corrected chi connectivity index (χ2v) is 7.17. The molecule has 2 atom stereocenters. The van der Waals surface area contributed by atoms with Crippen molar-refractivity contribution in [2.45, 2.75) is 31.4 Å². The number of aryl methyl sites for hydroxylation is 1. The summed E-state index contributed by atoms with van der Waals surface area (Å²) in [6.07, 6.45) is 0.316. The third-order valence-electron chi connectivity index (χ3n) is 5.29. The molecule has 0 saturated carbocycles. The number of halogens is 1. The molecule has 1 amide bonds. The second kappa shape index (κ2) is 10.1. The molecule has 0 spiro atoms. The maximum atomic E-state index is 13.9. The summed E-state index contributed by atoms with van der Waals surface area (Å²) in [5, 5.41) is 0. The number of ether oxygens (including phenoxy) is 4. The van der Waals surface area contributed by atoms with E-state index in [1.165, 1.54) is 24.1 Å². The number of likely N-dealkylation sites (tertiary alicyclic amines) is 1. The van der Waals surface area contributed by atoms with Crippen molar-refractivity contribution in [1.82, 2.24) is 4.90 Å². The van der Waals surface area contributed by atoms with Crippen LogP contribution in [0.1, 0.15) is 18.4 Å². The Hall–Kier alpha value is -3.29. The van der Waals surface area contributed by atoms with Crippen molar-refractivity contribution in [3.63, 3.8) is 0 Å². The number of benzene rings is 2. The van der Waals surface area contributed by atoms with Gasteiger partial charge in [0, 0.05) is 18.9 Å². The van der Waals surface area contributed by atoms with Crippen molar-refractivity contribution in [3.05, 3.63) is 53.8 Å². The van der Waals surface area contributed by atoms with Crippen LogP contribution in [0.5, 0.6) is 17.2 Å². The maximum absolute atomic E-state index is 13.9. The van der Waals surface area contributed by atoms with E-state index in [0.29, 0.717) is 17.9 Å². The van der Waals surface area contributed by atoms with Gasteiger partial charge in [-0.3, -0.25) is 4.79 Å². The van der Waals surface area contributed by atoms with Crippen molar-refractivity contribution in [3.8, 4) is 17.2 Å². The van der Waals surface area contributed by atoms with Crippen molar-refractivity contribution in [2.24, 2.45) is 0 Å². The fraction of sp³-hybridized carbons (Fsp3) is 0.391. The molecule has 0 N–H and O–H groups in total. The first-order chi connectivity index (χ1) is 15.0. The summed E-state index contributed by atoms with van der Waals surface area (Å²) in [5.41, 5.74) is 0.852. The molecular formula is C23H26FNO6. The minimum atomic E-state index is -0.771. The lowest BCUT2D eigenvalue weighted by Gasteiger charge is -2.22. The van der Waals surface area contributed by atoms with E-state index >= 15 is 0 Å². The summed E-state index contributed by atoms with van der Waals surface area (Å²) in [5.74, 6) is 0.147. The van der Waals surface area contributed by atoms with E-state index in [4.69, 9.17) is 18.9 Å². The summed E-state index contributed by atoms with van der Waals surface area (Å²) >= 11 is 0. The summed E-state index contributed by atoms with van der Waals surface area (Å²) in [4.78, 5) is 26.7. The van der Waals surface area contributed by atoms with Gasteiger partial charge in [0.15, 0.2) is 11.6 Å². The Morgan fingerprint density at radius 1 is 1.06 bits per heavy atom. The van der Waals surface area contributed by atoms with Crippen LogP contribution in [-0.2, 0) is 20.7 Å². The van der Waals surface area contributed by atoms with Gasteiger partial charge in [0.1, 0.15) is 23.6 Å². The van der Waals surface area contributed by atoms with E-state index in [2.05, 4.69) is 0 Å². The van der Waals surface area contributed by atoms with Crippen LogP contribution in [-0.4, -0.2) is 56.8 Å². The normalized spacial score (nSPS) is 17.9. The molecule has 3 rings (SSSR count). The van der Waals surface area contributed by atoms with Gasteiger partial charge in [-0.1, -0.05) is 18.2 Å². The Bertz CT molecular complexity index is 934. The molecule has 2 aromatic rings. The lowest BCUT2D eigenvalue weighted by molar-refractivity contribution is -0.150. The van der Waals surface area contributed by atoms with Crippen molar-refractivity contribution < 1.29 is 32.9 Å². The Morgan fingerprint density at radius 3 is 2.52 bits per heavy atom. The number of nitrogens with zero attached hydrogens (tertiary/aromatic N) is 1. The summed E-state index contributed by atoms with van der Waals surface area (Å²) in [7, 11) is 4.40. The Labute approximate surface area is 180 Å². The van der Waals surface area contributed by atoms with Crippen LogP contribution in [0.4, 0.5) is 4.39 Å². The molecule has 1 aliphatic rings. The fourth-order valence-electron chi connectivity index (χ4n) is 3.68. The van der Waals surface area contributed by atoms with Gasteiger partial charge in [-0.25, -0.2) is 9.18 Å². The molecular weight excluding hydrogens is 405 g/mol. The first-order valence-electron chi connectivity index (χ1n) is 9.96. The molecule has 1 heterocycles.